The van der Waals surface area contributed by atoms with E-state index in [9.17, 15) is 18.0 Å². The van der Waals surface area contributed by atoms with Gasteiger partial charge in [0.1, 0.15) is 6.54 Å². The summed E-state index contributed by atoms with van der Waals surface area (Å²) in [7, 11) is -2.65. The van der Waals surface area contributed by atoms with Crippen LogP contribution in [0.3, 0.4) is 0 Å². The number of nitrogens with two attached hydrogens (primary N) is 1. The molecule has 0 saturated carbocycles. The second kappa shape index (κ2) is 7.89. The molecule has 3 aromatic rings. The van der Waals surface area contributed by atoms with Gasteiger partial charge in [0.2, 0.25) is 10.0 Å². The molecule has 1 aromatic carbocycles. The molecule has 10 nitrogen and oxygen atoms in total. The van der Waals surface area contributed by atoms with Crippen molar-refractivity contribution in [2.75, 3.05) is 7.11 Å². The lowest BCUT2D eigenvalue weighted by Crippen LogP contribution is -2.22. The van der Waals surface area contributed by atoms with Crippen LogP contribution in [0.1, 0.15) is 30.4 Å². The van der Waals surface area contributed by atoms with Gasteiger partial charge < -0.3 is 9.30 Å². The highest BCUT2D eigenvalue weighted by molar-refractivity contribution is 7.89. The van der Waals surface area contributed by atoms with Gasteiger partial charge in [-0.25, -0.2) is 13.6 Å². The van der Waals surface area contributed by atoms with Gasteiger partial charge in [0, 0.05) is 12.2 Å². The molecule has 0 fully saturated rings. The molecule has 2 aromatic heterocycles. The molecule has 154 valence electrons. The van der Waals surface area contributed by atoms with Crippen molar-refractivity contribution in [2.24, 2.45) is 10.1 Å². The van der Waals surface area contributed by atoms with Gasteiger partial charge in [-0.05, 0) is 38.1 Å². The highest BCUT2D eigenvalue weighted by atomic mass is 32.2. The summed E-state index contributed by atoms with van der Waals surface area (Å²) in [5.74, 6) is -1.13. The molecule has 29 heavy (non-hydrogen) atoms. The van der Waals surface area contributed by atoms with E-state index in [4.69, 9.17) is 9.88 Å². The van der Waals surface area contributed by atoms with Crippen LogP contribution in [-0.2, 0) is 26.1 Å². The average molecular weight is 438 g/mol. The number of sulfonamides is 1. The zero-order valence-electron chi connectivity index (χ0n) is 15.9. The van der Waals surface area contributed by atoms with Crippen LogP contribution in [-0.4, -0.2) is 41.8 Å². The van der Waals surface area contributed by atoms with Crippen LogP contribution < -0.4 is 9.94 Å². The summed E-state index contributed by atoms with van der Waals surface area (Å²) in [5.41, 5.74) is 0.679. The van der Waals surface area contributed by atoms with Crippen molar-refractivity contribution in [3.05, 3.63) is 41.0 Å². The van der Waals surface area contributed by atoms with Crippen molar-refractivity contribution in [1.29, 1.82) is 0 Å². The second-order valence-electron chi connectivity index (χ2n) is 6.41. The quantitative estimate of drug-likeness (QED) is 0.592. The highest BCUT2D eigenvalue weighted by Gasteiger charge is 2.16. The standard InChI is InChI=1S/C17H19N5O5S2/c1-10(2)22-7-6-12(20-22)16(24)19-17-21(9-15(23)27-3)13-5-4-11(29(18,25)26)8-14(13)28-17/h4-8,10H,9H2,1-3H3,(H2,18,25,26). The number of carbonyl (C=O) groups excluding carboxylic acids is 2. The number of fused-ring (bicyclic) bond motifs is 1. The van der Waals surface area contributed by atoms with Crippen molar-refractivity contribution in [3.8, 4) is 0 Å². The van der Waals surface area contributed by atoms with Gasteiger partial charge in [0.15, 0.2) is 10.5 Å². The summed E-state index contributed by atoms with van der Waals surface area (Å²) >= 11 is 1.06. The van der Waals surface area contributed by atoms with Crippen molar-refractivity contribution in [1.82, 2.24) is 14.3 Å². The third kappa shape index (κ3) is 4.44. The first-order valence-electron chi connectivity index (χ1n) is 8.47. The maximum atomic E-state index is 12.6. The van der Waals surface area contributed by atoms with Crippen LogP contribution in [0, 0.1) is 0 Å². The molecule has 0 aliphatic heterocycles. The van der Waals surface area contributed by atoms with E-state index in [2.05, 4.69) is 10.1 Å². The fraction of sp³-hybridized carbons (Fsp3) is 0.294. The van der Waals surface area contributed by atoms with Crippen LogP contribution in [0.5, 0.6) is 0 Å². The monoisotopic (exact) mass is 437 g/mol. The minimum Gasteiger partial charge on any atom is -0.468 e. The fourth-order valence-electron chi connectivity index (χ4n) is 2.55. The van der Waals surface area contributed by atoms with Crippen molar-refractivity contribution < 1.29 is 22.7 Å². The average Bonchev–Trinajstić information content (AvgIpc) is 3.26. The van der Waals surface area contributed by atoms with Gasteiger partial charge >= 0.3 is 5.97 Å². The van der Waals surface area contributed by atoms with Gasteiger partial charge in [-0.3, -0.25) is 14.3 Å². The van der Waals surface area contributed by atoms with E-state index in [1.54, 1.807) is 16.9 Å². The molecule has 0 atom stereocenters. The number of hydrogen-bond acceptors (Lipinski definition) is 7. The molecule has 0 unspecified atom stereocenters. The lowest BCUT2D eigenvalue weighted by Gasteiger charge is -2.04. The third-order valence-electron chi connectivity index (χ3n) is 4.05. The number of thiazole rings is 1. The molecule has 2 N–H and O–H groups in total. The Morgan fingerprint density at radius 3 is 2.62 bits per heavy atom. The molecule has 0 spiro atoms. The van der Waals surface area contributed by atoms with Crippen molar-refractivity contribution in [2.45, 2.75) is 31.3 Å². The van der Waals surface area contributed by atoms with Crippen LogP contribution in [0.25, 0.3) is 10.2 Å². The topological polar surface area (TPSA) is 139 Å². The number of nitrogens with zero attached hydrogens (tertiary/aromatic N) is 4. The number of aromatic nitrogens is 3. The van der Waals surface area contributed by atoms with E-state index in [0.29, 0.717) is 10.2 Å². The summed E-state index contributed by atoms with van der Waals surface area (Å²) in [6.07, 6.45) is 1.68. The highest BCUT2D eigenvalue weighted by Crippen LogP contribution is 2.21. The molecule has 2 heterocycles. The maximum Gasteiger partial charge on any atom is 0.325 e. The summed E-state index contributed by atoms with van der Waals surface area (Å²) in [6, 6.07) is 5.85. The number of amides is 1. The molecule has 0 aliphatic rings. The summed E-state index contributed by atoms with van der Waals surface area (Å²) in [4.78, 5) is 28.6. The Balaban J connectivity index is 2.15. The molecular weight excluding hydrogens is 418 g/mol. The van der Waals surface area contributed by atoms with Gasteiger partial charge in [-0.2, -0.15) is 10.1 Å². The predicted molar refractivity (Wildman–Crippen MR) is 106 cm³/mol. The van der Waals surface area contributed by atoms with Crippen molar-refractivity contribution in [3.63, 3.8) is 0 Å². The second-order valence-corrected chi connectivity index (χ2v) is 8.98. The number of primary sulfonamides is 1. The predicted octanol–water partition coefficient (Wildman–Crippen LogP) is 1.04. The Bertz CT molecular complexity index is 1270. The van der Waals surface area contributed by atoms with Crippen LogP contribution in [0.4, 0.5) is 0 Å². The Labute approximate surface area is 170 Å². The first-order valence-corrected chi connectivity index (χ1v) is 10.8. The summed E-state index contributed by atoms with van der Waals surface area (Å²) < 4.78 is 31.6. The first kappa shape index (κ1) is 20.9. The Morgan fingerprint density at radius 1 is 1.31 bits per heavy atom. The zero-order valence-corrected chi connectivity index (χ0v) is 17.5. The summed E-state index contributed by atoms with van der Waals surface area (Å²) in [6.45, 7) is 3.66. The fourth-order valence-corrected chi connectivity index (χ4v) is 4.23. The zero-order chi connectivity index (χ0) is 21.3. The van der Waals surface area contributed by atoms with E-state index >= 15 is 0 Å². The Morgan fingerprint density at radius 2 is 2.03 bits per heavy atom. The molecule has 0 saturated heterocycles. The van der Waals surface area contributed by atoms with E-state index in [-0.39, 0.29) is 28.0 Å². The van der Waals surface area contributed by atoms with Crippen LogP contribution in [0.15, 0.2) is 40.4 Å². The maximum absolute atomic E-state index is 12.6. The minimum atomic E-state index is -3.90. The lowest BCUT2D eigenvalue weighted by molar-refractivity contribution is -0.141. The number of benzene rings is 1. The SMILES string of the molecule is COC(=O)Cn1c(=NC(=O)c2ccn(C(C)C)n2)sc2cc(S(N)(=O)=O)ccc21. The van der Waals surface area contributed by atoms with E-state index in [0.717, 1.165) is 11.3 Å². The molecule has 0 radical (unpaired) electrons. The molecule has 0 bridgehead atoms. The number of carbonyl (C=O) groups is 2. The number of methoxy groups -OCH3 is 1. The minimum absolute atomic E-state index is 0.0787. The Hall–Kier alpha value is -2.83. The number of esters is 1. The number of rotatable bonds is 5. The van der Waals surface area contributed by atoms with Crippen LogP contribution >= 0.6 is 11.3 Å². The third-order valence-corrected chi connectivity index (χ3v) is 6.00. The van der Waals surface area contributed by atoms with Gasteiger partial charge in [0.05, 0.1) is 22.2 Å². The number of ether oxygens (including phenoxy) is 1. The first-order chi connectivity index (χ1) is 13.6. The molecule has 3 rings (SSSR count). The van der Waals surface area contributed by atoms with E-state index in [1.165, 1.54) is 29.9 Å². The molecular formula is C17H19N5O5S2. The van der Waals surface area contributed by atoms with Crippen molar-refractivity contribution >= 4 is 43.5 Å². The van der Waals surface area contributed by atoms with Crippen LogP contribution in [0.2, 0.25) is 0 Å². The van der Waals surface area contributed by atoms with E-state index < -0.39 is 21.9 Å². The summed E-state index contributed by atoms with van der Waals surface area (Å²) in [5, 5.41) is 9.38. The largest absolute Gasteiger partial charge is 0.468 e. The smallest absolute Gasteiger partial charge is 0.325 e. The molecule has 0 aliphatic carbocycles. The Kier molecular flexibility index (Phi) is 5.68. The van der Waals surface area contributed by atoms with Gasteiger partial charge in [0.25, 0.3) is 5.91 Å². The number of hydrogen-bond donors (Lipinski definition) is 1. The van der Waals surface area contributed by atoms with Gasteiger partial charge in [-0.1, -0.05) is 11.3 Å². The molecule has 1 amide bonds. The normalized spacial score (nSPS) is 12.7. The molecule has 12 heteroatoms. The lowest BCUT2D eigenvalue weighted by atomic mass is 10.3. The van der Waals surface area contributed by atoms with E-state index in [1.807, 2.05) is 13.8 Å². The van der Waals surface area contributed by atoms with Gasteiger partial charge in [-0.15, -0.1) is 0 Å².